The van der Waals surface area contributed by atoms with Crippen molar-refractivity contribution in [3.05, 3.63) is 69.7 Å². The molecule has 0 nitrogen and oxygen atoms in total. The maximum atomic E-state index is 6.13. The van der Waals surface area contributed by atoms with Crippen LogP contribution in [0.2, 0.25) is 10.0 Å². The molecule has 2 rings (SSSR count). The van der Waals surface area contributed by atoms with E-state index in [9.17, 15) is 0 Å². The predicted octanol–water partition coefficient (Wildman–Crippen LogP) is 6.55. The third-order valence-corrected chi connectivity index (χ3v) is 6.67. The van der Waals surface area contributed by atoms with Crippen molar-refractivity contribution < 1.29 is 0 Å². The Kier molecular flexibility index (Phi) is 6.61. The van der Waals surface area contributed by atoms with Crippen molar-refractivity contribution in [1.29, 1.82) is 0 Å². The molecule has 0 saturated carbocycles. The fourth-order valence-corrected chi connectivity index (χ4v) is 4.44. The highest BCUT2D eigenvalue weighted by Crippen LogP contribution is 2.34. The minimum Gasteiger partial charge on any atom is -0.0921 e. The van der Waals surface area contributed by atoms with Gasteiger partial charge >= 0.3 is 0 Å². The number of halogens is 4. The standard InChI is InChI=1S/C17H16Br2Cl2/c18-11-17(12-19,9-13-4-2-1-3-5-13)10-14-6-7-15(20)16(21)8-14/h1-8H,9-12H2. The summed E-state index contributed by atoms with van der Waals surface area (Å²) in [6.45, 7) is 0. The third-order valence-electron chi connectivity index (χ3n) is 3.55. The molecule has 0 fully saturated rings. The molecule has 0 radical (unpaired) electrons. The van der Waals surface area contributed by atoms with Crippen LogP contribution in [0.4, 0.5) is 0 Å². The van der Waals surface area contributed by atoms with Crippen LogP contribution in [0, 0.1) is 5.41 Å². The van der Waals surface area contributed by atoms with E-state index in [0.717, 1.165) is 23.5 Å². The zero-order valence-corrected chi connectivity index (χ0v) is 16.1. The highest BCUT2D eigenvalue weighted by molar-refractivity contribution is 9.09. The molecule has 112 valence electrons. The van der Waals surface area contributed by atoms with Crippen LogP contribution in [-0.2, 0) is 12.8 Å². The molecule has 0 spiro atoms. The summed E-state index contributed by atoms with van der Waals surface area (Å²) in [7, 11) is 0. The molecule has 21 heavy (non-hydrogen) atoms. The van der Waals surface area contributed by atoms with Gasteiger partial charge in [-0.25, -0.2) is 0 Å². The topological polar surface area (TPSA) is 0 Å². The van der Waals surface area contributed by atoms with Crippen molar-refractivity contribution in [2.45, 2.75) is 12.8 Å². The molecule has 2 aromatic carbocycles. The predicted molar refractivity (Wildman–Crippen MR) is 100 cm³/mol. The van der Waals surface area contributed by atoms with E-state index in [1.807, 2.05) is 18.2 Å². The van der Waals surface area contributed by atoms with Gasteiger partial charge in [-0.15, -0.1) is 0 Å². The lowest BCUT2D eigenvalue weighted by molar-refractivity contribution is 0.386. The monoisotopic (exact) mass is 448 g/mol. The van der Waals surface area contributed by atoms with Crippen molar-refractivity contribution in [3.63, 3.8) is 0 Å². The van der Waals surface area contributed by atoms with Gasteiger partial charge in [0, 0.05) is 10.7 Å². The summed E-state index contributed by atoms with van der Waals surface area (Å²) in [6.07, 6.45) is 1.94. The first-order valence-electron chi connectivity index (χ1n) is 6.68. The first kappa shape index (κ1) is 17.3. The van der Waals surface area contributed by atoms with Gasteiger partial charge in [0.1, 0.15) is 0 Å². The molecule has 0 heterocycles. The molecule has 2 aromatic rings. The van der Waals surface area contributed by atoms with Gasteiger partial charge < -0.3 is 0 Å². The van der Waals surface area contributed by atoms with Gasteiger partial charge in [-0.1, -0.05) is 91.5 Å². The Morgan fingerprint density at radius 3 is 1.95 bits per heavy atom. The van der Waals surface area contributed by atoms with E-state index in [2.05, 4.69) is 62.2 Å². The van der Waals surface area contributed by atoms with Crippen LogP contribution in [0.25, 0.3) is 0 Å². The van der Waals surface area contributed by atoms with Crippen molar-refractivity contribution in [2.75, 3.05) is 10.7 Å². The average molecular weight is 451 g/mol. The zero-order chi connectivity index (χ0) is 15.3. The van der Waals surface area contributed by atoms with Crippen molar-refractivity contribution in [1.82, 2.24) is 0 Å². The lowest BCUT2D eigenvalue weighted by atomic mass is 9.80. The summed E-state index contributed by atoms with van der Waals surface area (Å²) in [6, 6.07) is 16.5. The summed E-state index contributed by atoms with van der Waals surface area (Å²) < 4.78 is 0. The van der Waals surface area contributed by atoms with Crippen molar-refractivity contribution >= 4 is 55.1 Å². The molecule has 0 aliphatic heterocycles. The summed E-state index contributed by atoms with van der Waals surface area (Å²) in [5, 5.41) is 3.06. The van der Waals surface area contributed by atoms with Crippen LogP contribution in [0.3, 0.4) is 0 Å². The van der Waals surface area contributed by atoms with E-state index >= 15 is 0 Å². The molecule has 0 bridgehead atoms. The Balaban J connectivity index is 2.23. The SMILES string of the molecule is Clc1ccc(CC(CBr)(CBr)Cc2ccccc2)cc1Cl. The molecule has 0 atom stereocenters. The molecule has 0 aromatic heterocycles. The number of hydrogen-bond donors (Lipinski definition) is 0. The maximum absolute atomic E-state index is 6.13. The third kappa shape index (κ3) is 4.72. The van der Waals surface area contributed by atoms with Crippen LogP contribution < -0.4 is 0 Å². The second-order valence-electron chi connectivity index (χ2n) is 5.35. The maximum Gasteiger partial charge on any atom is 0.0595 e. The minimum atomic E-state index is 0.110. The normalized spacial score (nSPS) is 11.6. The van der Waals surface area contributed by atoms with Crippen LogP contribution in [-0.4, -0.2) is 10.7 Å². The Morgan fingerprint density at radius 2 is 1.38 bits per heavy atom. The highest BCUT2D eigenvalue weighted by atomic mass is 79.9. The fraction of sp³-hybridized carbons (Fsp3) is 0.294. The van der Waals surface area contributed by atoms with Gasteiger partial charge in [0.2, 0.25) is 0 Å². The van der Waals surface area contributed by atoms with Crippen LogP contribution in [0.1, 0.15) is 11.1 Å². The van der Waals surface area contributed by atoms with Gasteiger partial charge in [0.25, 0.3) is 0 Å². The molecular weight excluding hydrogens is 435 g/mol. The van der Waals surface area contributed by atoms with Crippen LogP contribution in [0.5, 0.6) is 0 Å². The lowest BCUT2D eigenvalue weighted by Crippen LogP contribution is -2.30. The van der Waals surface area contributed by atoms with E-state index < -0.39 is 0 Å². The van der Waals surface area contributed by atoms with E-state index in [4.69, 9.17) is 23.2 Å². The molecule has 0 unspecified atom stereocenters. The van der Waals surface area contributed by atoms with Gasteiger partial charge in [0.05, 0.1) is 10.0 Å². The Labute approximate surface area is 153 Å². The van der Waals surface area contributed by atoms with Crippen molar-refractivity contribution in [3.8, 4) is 0 Å². The first-order chi connectivity index (χ1) is 10.1. The summed E-state index contributed by atoms with van der Waals surface area (Å²) in [4.78, 5) is 0. The summed E-state index contributed by atoms with van der Waals surface area (Å²) in [5.41, 5.74) is 2.66. The molecule has 0 aliphatic rings. The smallest absolute Gasteiger partial charge is 0.0595 e. The van der Waals surface area contributed by atoms with E-state index in [1.165, 1.54) is 11.1 Å². The van der Waals surface area contributed by atoms with Crippen LogP contribution in [0.15, 0.2) is 48.5 Å². The van der Waals surface area contributed by atoms with E-state index in [0.29, 0.717) is 10.0 Å². The quantitative estimate of drug-likeness (QED) is 0.437. The van der Waals surface area contributed by atoms with E-state index in [1.54, 1.807) is 0 Å². The molecule has 0 N–H and O–H groups in total. The highest BCUT2D eigenvalue weighted by Gasteiger charge is 2.28. The second kappa shape index (κ2) is 8.01. The first-order valence-corrected chi connectivity index (χ1v) is 9.68. The van der Waals surface area contributed by atoms with Gasteiger partial charge in [-0.2, -0.15) is 0 Å². The number of benzene rings is 2. The Hall–Kier alpha value is -0.0200. The number of alkyl halides is 2. The van der Waals surface area contributed by atoms with Gasteiger partial charge in [-0.05, 0) is 41.5 Å². The summed E-state index contributed by atoms with van der Waals surface area (Å²) >= 11 is 19.5. The Bertz CT molecular complexity index is 581. The molecule has 0 saturated heterocycles. The van der Waals surface area contributed by atoms with Crippen LogP contribution >= 0.6 is 55.1 Å². The lowest BCUT2D eigenvalue weighted by Gasteiger charge is -2.30. The molecule has 0 amide bonds. The van der Waals surface area contributed by atoms with Crippen molar-refractivity contribution in [2.24, 2.45) is 5.41 Å². The number of rotatable bonds is 6. The Morgan fingerprint density at radius 1 is 0.762 bits per heavy atom. The molecular formula is C17H16Br2Cl2. The van der Waals surface area contributed by atoms with Gasteiger partial charge in [0.15, 0.2) is 0 Å². The number of hydrogen-bond acceptors (Lipinski definition) is 0. The van der Waals surface area contributed by atoms with Gasteiger partial charge in [-0.3, -0.25) is 0 Å². The average Bonchev–Trinajstić information content (AvgIpc) is 2.51. The second-order valence-corrected chi connectivity index (χ2v) is 7.29. The molecule has 0 aliphatic carbocycles. The minimum absolute atomic E-state index is 0.110. The summed E-state index contributed by atoms with van der Waals surface area (Å²) in [5.74, 6) is 0. The fourth-order valence-electron chi connectivity index (χ4n) is 2.40. The van der Waals surface area contributed by atoms with E-state index in [-0.39, 0.29) is 5.41 Å². The zero-order valence-electron chi connectivity index (χ0n) is 11.5. The molecule has 4 heteroatoms. The largest absolute Gasteiger partial charge is 0.0921 e.